The summed E-state index contributed by atoms with van der Waals surface area (Å²) >= 11 is 0. The normalized spacial score (nSPS) is 14.2. The average Bonchev–Trinajstić information content (AvgIpc) is 3.15. The Kier molecular flexibility index (Phi) is 2.74. The molecular formula is C13H11N3O4. The number of aromatic nitrogens is 2. The Bertz CT molecular complexity index is 703. The lowest BCUT2D eigenvalue weighted by molar-refractivity contribution is -0.385. The quantitative estimate of drug-likeness (QED) is 0.681. The summed E-state index contributed by atoms with van der Waals surface area (Å²) in [6.07, 6.45) is 3.78. The predicted octanol–water partition coefficient (Wildman–Crippen LogP) is 2.36. The highest BCUT2D eigenvalue weighted by Gasteiger charge is 2.28. The Labute approximate surface area is 113 Å². The van der Waals surface area contributed by atoms with E-state index in [2.05, 4.69) is 5.10 Å². The summed E-state index contributed by atoms with van der Waals surface area (Å²) in [5, 5.41) is 24.5. The molecule has 0 amide bonds. The third kappa shape index (κ3) is 2.03. The van der Waals surface area contributed by atoms with Crippen LogP contribution in [-0.4, -0.2) is 25.8 Å². The van der Waals surface area contributed by atoms with Crippen molar-refractivity contribution in [1.82, 2.24) is 9.78 Å². The second kappa shape index (κ2) is 4.44. The van der Waals surface area contributed by atoms with Crippen LogP contribution in [0.1, 0.15) is 34.8 Å². The molecule has 1 aliphatic rings. The van der Waals surface area contributed by atoms with E-state index in [0.29, 0.717) is 5.92 Å². The predicted molar refractivity (Wildman–Crippen MR) is 69.2 cm³/mol. The van der Waals surface area contributed by atoms with Gasteiger partial charge < -0.3 is 5.11 Å². The number of nitrogens with zero attached hydrogens (tertiary/aromatic N) is 3. The highest BCUT2D eigenvalue weighted by atomic mass is 16.6. The summed E-state index contributed by atoms with van der Waals surface area (Å²) in [7, 11) is 0. The number of carboxylic acids is 1. The van der Waals surface area contributed by atoms with Crippen molar-refractivity contribution in [3.8, 4) is 5.69 Å². The molecule has 0 aliphatic heterocycles. The van der Waals surface area contributed by atoms with Gasteiger partial charge in [0.15, 0.2) is 0 Å². The largest absolute Gasteiger partial charge is 0.477 e. The van der Waals surface area contributed by atoms with Crippen LogP contribution in [0.2, 0.25) is 0 Å². The van der Waals surface area contributed by atoms with Gasteiger partial charge in [0, 0.05) is 12.1 Å². The fourth-order valence-corrected chi connectivity index (χ4v) is 2.15. The second-order valence-corrected chi connectivity index (χ2v) is 4.70. The molecule has 0 bridgehead atoms. The summed E-state index contributed by atoms with van der Waals surface area (Å²) in [6, 6.07) is 6.00. The number of nitro groups is 1. The topological polar surface area (TPSA) is 98.3 Å². The Morgan fingerprint density at radius 3 is 2.75 bits per heavy atom. The molecule has 3 rings (SSSR count). The number of aromatic carboxylic acids is 1. The number of carboxylic acid groups (broad SMARTS) is 1. The van der Waals surface area contributed by atoms with Crippen LogP contribution in [0, 0.1) is 10.1 Å². The van der Waals surface area contributed by atoms with E-state index < -0.39 is 16.6 Å². The first kappa shape index (κ1) is 12.3. The molecule has 1 aromatic carbocycles. The highest BCUT2D eigenvalue weighted by Crippen LogP contribution is 2.39. The smallest absolute Gasteiger partial charge is 0.342 e. The molecule has 0 saturated heterocycles. The van der Waals surface area contributed by atoms with Crippen molar-refractivity contribution in [2.45, 2.75) is 18.8 Å². The van der Waals surface area contributed by atoms with E-state index in [-0.39, 0.29) is 11.3 Å². The Morgan fingerprint density at radius 2 is 2.15 bits per heavy atom. The van der Waals surface area contributed by atoms with E-state index in [1.165, 1.54) is 22.9 Å². The molecule has 2 aromatic rings. The van der Waals surface area contributed by atoms with Crippen molar-refractivity contribution >= 4 is 11.7 Å². The van der Waals surface area contributed by atoms with Gasteiger partial charge in [0.1, 0.15) is 11.3 Å². The van der Waals surface area contributed by atoms with Crippen LogP contribution >= 0.6 is 0 Å². The zero-order chi connectivity index (χ0) is 14.3. The molecule has 1 fully saturated rings. The van der Waals surface area contributed by atoms with E-state index in [4.69, 9.17) is 5.11 Å². The standard InChI is InChI=1S/C13H11N3O4/c17-13(18)9-2-1-3-11(12(9)16(19)20)15-7-6-10(14-15)8-4-5-8/h1-3,6-8H,4-5H2,(H,17,18). The first-order valence-corrected chi connectivity index (χ1v) is 6.14. The molecule has 7 heteroatoms. The Hall–Kier alpha value is -2.70. The van der Waals surface area contributed by atoms with Crippen LogP contribution in [0.15, 0.2) is 30.5 Å². The van der Waals surface area contributed by atoms with Gasteiger partial charge in [-0.1, -0.05) is 6.07 Å². The SMILES string of the molecule is O=C(O)c1cccc(-n2ccc(C3CC3)n2)c1[N+](=O)[O-]. The van der Waals surface area contributed by atoms with Crippen molar-refractivity contribution < 1.29 is 14.8 Å². The minimum absolute atomic E-state index is 0.168. The van der Waals surface area contributed by atoms with Crippen molar-refractivity contribution in [2.24, 2.45) is 0 Å². The molecule has 1 N–H and O–H groups in total. The van der Waals surface area contributed by atoms with Crippen LogP contribution in [0.3, 0.4) is 0 Å². The lowest BCUT2D eigenvalue weighted by Gasteiger charge is -2.05. The van der Waals surface area contributed by atoms with Gasteiger partial charge in [-0.25, -0.2) is 9.48 Å². The highest BCUT2D eigenvalue weighted by molar-refractivity contribution is 5.94. The van der Waals surface area contributed by atoms with E-state index in [0.717, 1.165) is 18.5 Å². The number of hydrogen-bond donors (Lipinski definition) is 1. The van der Waals surface area contributed by atoms with Crippen LogP contribution in [0.4, 0.5) is 5.69 Å². The lowest BCUT2D eigenvalue weighted by atomic mass is 10.1. The summed E-state index contributed by atoms with van der Waals surface area (Å²) < 4.78 is 1.37. The molecule has 7 nitrogen and oxygen atoms in total. The number of nitro benzene ring substituents is 1. The zero-order valence-electron chi connectivity index (χ0n) is 10.4. The molecule has 20 heavy (non-hydrogen) atoms. The van der Waals surface area contributed by atoms with Gasteiger partial charge in [-0.2, -0.15) is 5.10 Å². The number of carbonyl (C=O) groups is 1. The molecule has 1 aliphatic carbocycles. The zero-order valence-corrected chi connectivity index (χ0v) is 10.4. The molecule has 0 unspecified atom stereocenters. The van der Waals surface area contributed by atoms with Crippen LogP contribution in [0.25, 0.3) is 5.69 Å². The van der Waals surface area contributed by atoms with Crippen molar-refractivity contribution in [3.63, 3.8) is 0 Å². The van der Waals surface area contributed by atoms with Gasteiger partial charge in [-0.15, -0.1) is 0 Å². The van der Waals surface area contributed by atoms with Gasteiger partial charge in [0.25, 0.3) is 0 Å². The fourth-order valence-electron chi connectivity index (χ4n) is 2.15. The van der Waals surface area contributed by atoms with Gasteiger partial charge in [-0.05, 0) is 31.0 Å². The van der Waals surface area contributed by atoms with Gasteiger partial charge >= 0.3 is 11.7 Å². The van der Waals surface area contributed by atoms with E-state index >= 15 is 0 Å². The lowest BCUT2D eigenvalue weighted by Crippen LogP contribution is -2.08. The van der Waals surface area contributed by atoms with Crippen molar-refractivity contribution in [1.29, 1.82) is 0 Å². The summed E-state index contributed by atoms with van der Waals surface area (Å²) in [6.45, 7) is 0. The maximum atomic E-state index is 11.2. The number of benzene rings is 1. The van der Waals surface area contributed by atoms with E-state index in [9.17, 15) is 14.9 Å². The molecular weight excluding hydrogens is 262 g/mol. The van der Waals surface area contributed by atoms with Crippen molar-refractivity contribution in [3.05, 3.63) is 51.8 Å². The third-order valence-electron chi connectivity index (χ3n) is 3.28. The van der Waals surface area contributed by atoms with Crippen LogP contribution in [0.5, 0.6) is 0 Å². The number of hydrogen-bond acceptors (Lipinski definition) is 4. The molecule has 102 valence electrons. The molecule has 1 heterocycles. The summed E-state index contributed by atoms with van der Waals surface area (Å²) in [4.78, 5) is 21.6. The van der Waals surface area contributed by atoms with Crippen LogP contribution in [-0.2, 0) is 0 Å². The Balaban J connectivity index is 2.13. The van der Waals surface area contributed by atoms with Crippen LogP contribution < -0.4 is 0 Å². The van der Waals surface area contributed by atoms with E-state index in [1.54, 1.807) is 6.20 Å². The summed E-state index contributed by atoms with van der Waals surface area (Å²) in [5.41, 5.74) is 0.281. The maximum absolute atomic E-state index is 11.2. The minimum atomic E-state index is -1.33. The van der Waals surface area contributed by atoms with Crippen molar-refractivity contribution in [2.75, 3.05) is 0 Å². The van der Waals surface area contributed by atoms with Gasteiger partial charge in [-0.3, -0.25) is 10.1 Å². The first-order chi connectivity index (χ1) is 9.58. The maximum Gasteiger partial charge on any atom is 0.342 e. The molecule has 1 aromatic heterocycles. The molecule has 1 saturated carbocycles. The molecule has 0 radical (unpaired) electrons. The second-order valence-electron chi connectivity index (χ2n) is 4.70. The minimum Gasteiger partial charge on any atom is -0.477 e. The monoisotopic (exact) mass is 273 g/mol. The third-order valence-corrected chi connectivity index (χ3v) is 3.28. The fraction of sp³-hybridized carbons (Fsp3) is 0.231. The summed E-state index contributed by atoms with van der Waals surface area (Å²) in [5.74, 6) is -0.897. The molecule has 0 atom stereocenters. The molecule has 0 spiro atoms. The van der Waals surface area contributed by atoms with E-state index in [1.807, 2.05) is 6.07 Å². The van der Waals surface area contributed by atoms with Gasteiger partial charge in [0.05, 0.1) is 10.6 Å². The number of rotatable bonds is 4. The number of para-hydroxylation sites is 1. The van der Waals surface area contributed by atoms with Gasteiger partial charge in [0.2, 0.25) is 0 Å². The first-order valence-electron chi connectivity index (χ1n) is 6.14. The average molecular weight is 273 g/mol. The Morgan fingerprint density at radius 1 is 1.40 bits per heavy atom.